The summed E-state index contributed by atoms with van der Waals surface area (Å²) < 4.78 is 32.5. The SMILES string of the molecule is CCOS(=O)(=O)Cc1noc(-c2cccc(Cl)c2)n1. The molecule has 0 saturated heterocycles. The van der Waals surface area contributed by atoms with Crippen LogP contribution in [0.4, 0.5) is 0 Å². The summed E-state index contributed by atoms with van der Waals surface area (Å²) in [6.45, 7) is 1.66. The van der Waals surface area contributed by atoms with Crippen LogP contribution in [0.2, 0.25) is 5.02 Å². The normalized spacial score (nSPS) is 11.7. The van der Waals surface area contributed by atoms with Gasteiger partial charge in [-0.05, 0) is 25.1 Å². The minimum Gasteiger partial charge on any atom is -0.334 e. The van der Waals surface area contributed by atoms with E-state index in [1.54, 1.807) is 31.2 Å². The molecule has 1 aromatic carbocycles. The molecular weight excluding hydrogens is 292 g/mol. The molecule has 2 rings (SSSR count). The van der Waals surface area contributed by atoms with Crippen LogP contribution in [0, 0.1) is 0 Å². The van der Waals surface area contributed by atoms with Crippen molar-refractivity contribution in [2.75, 3.05) is 6.61 Å². The van der Waals surface area contributed by atoms with Crippen molar-refractivity contribution < 1.29 is 17.1 Å². The van der Waals surface area contributed by atoms with E-state index in [1.807, 2.05) is 0 Å². The van der Waals surface area contributed by atoms with Crippen molar-refractivity contribution >= 4 is 21.7 Å². The molecule has 8 heteroatoms. The second-order valence-electron chi connectivity index (χ2n) is 3.63. The molecule has 0 atom stereocenters. The standard InChI is InChI=1S/C11H11ClN2O4S/c1-2-17-19(15,16)7-10-13-11(18-14-10)8-4-3-5-9(12)6-8/h3-6H,2,7H2,1H3. The van der Waals surface area contributed by atoms with Crippen molar-refractivity contribution in [1.29, 1.82) is 0 Å². The maximum Gasteiger partial charge on any atom is 0.274 e. The van der Waals surface area contributed by atoms with Crippen molar-refractivity contribution in [3.8, 4) is 11.5 Å². The van der Waals surface area contributed by atoms with Crippen LogP contribution in [0.5, 0.6) is 0 Å². The summed E-state index contributed by atoms with van der Waals surface area (Å²) in [5.74, 6) is -0.169. The number of nitrogens with zero attached hydrogens (tertiary/aromatic N) is 2. The molecule has 0 fully saturated rings. The number of benzene rings is 1. The second kappa shape index (κ2) is 5.68. The van der Waals surface area contributed by atoms with Crippen molar-refractivity contribution in [1.82, 2.24) is 10.1 Å². The van der Waals surface area contributed by atoms with E-state index in [9.17, 15) is 8.42 Å². The smallest absolute Gasteiger partial charge is 0.274 e. The van der Waals surface area contributed by atoms with Gasteiger partial charge in [0.05, 0.1) is 6.61 Å². The first-order valence-electron chi connectivity index (χ1n) is 5.46. The van der Waals surface area contributed by atoms with Crippen LogP contribution in [-0.2, 0) is 20.1 Å². The van der Waals surface area contributed by atoms with Gasteiger partial charge in [0.25, 0.3) is 16.0 Å². The highest BCUT2D eigenvalue weighted by molar-refractivity contribution is 7.85. The number of rotatable bonds is 5. The third-order valence-electron chi connectivity index (χ3n) is 2.14. The van der Waals surface area contributed by atoms with Crippen LogP contribution in [0.15, 0.2) is 28.8 Å². The summed E-state index contributed by atoms with van der Waals surface area (Å²) in [6, 6.07) is 6.83. The Morgan fingerprint density at radius 2 is 2.21 bits per heavy atom. The van der Waals surface area contributed by atoms with Crippen LogP contribution >= 0.6 is 11.6 Å². The van der Waals surface area contributed by atoms with E-state index in [0.29, 0.717) is 10.6 Å². The third-order valence-corrected chi connectivity index (χ3v) is 3.58. The minimum absolute atomic E-state index is 0.0448. The molecule has 0 amide bonds. The van der Waals surface area contributed by atoms with Crippen LogP contribution < -0.4 is 0 Å². The summed E-state index contributed by atoms with van der Waals surface area (Å²) in [4.78, 5) is 3.99. The molecule has 0 radical (unpaired) electrons. The first kappa shape index (κ1) is 14.0. The summed E-state index contributed by atoms with van der Waals surface area (Å²) in [6.07, 6.45) is 0. The van der Waals surface area contributed by atoms with E-state index in [1.165, 1.54) is 0 Å². The average Bonchev–Trinajstić information content (AvgIpc) is 2.76. The predicted octanol–water partition coefficient (Wildman–Crippen LogP) is 2.26. The van der Waals surface area contributed by atoms with E-state index >= 15 is 0 Å². The lowest BCUT2D eigenvalue weighted by Crippen LogP contribution is -2.09. The molecular formula is C11H11ClN2O4S. The monoisotopic (exact) mass is 302 g/mol. The predicted molar refractivity (Wildman–Crippen MR) is 69.0 cm³/mol. The fourth-order valence-corrected chi connectivity index (χ4v) is 2.50. The van der Waals surface area contributed by atoms with Gasteiger partial charge in [0.15, 0.2) is 5.82 Å². The summed E-state index contributed by atoms with van der Waals surface area (Å²) >= 11 is 5.84. The third kappa shape index (κ3) is 3.76. The summed E-state index contributed by atoms with van der Waals surface area (Å²) in [7, 11) is -3.67. The molecule has 0 unspecified atom stereocenters. The Morgan fingerprint density at radius 3 is 2.89 bits per heavy atom. The van der Waals surface area contributed by atoms with Gasteiger partial charge in [-0.25, -0.2) is 0 Å². The zero-order chi connectivity index (χ0) is 13.9. The van der Waals surface area contributed by atoms with Gasteiger partial charge in [0.2, 0.25) is 0 Å². The van der Waals surface area contributed by atoms with E-state index in [0.717, 1.165) is 0 Å². The Morgan fingerprint density at radius 1 is 1.42 bits per heavy atom. The Kier molecular flexibility index (Phi) is 4.18. The topological polar surface area (TPSA) is 82.3 Å². The highest BCUT2D eigenvalue weighted by Crippen LogP contribution is 2.21. The number of aromatic nitrogens is 2. The number of hydrogen-bond acceptors (Lipinski definition) is 6. The van der Waals surface area contributed by atoms with E-state index in [4.69, 9.17) is 16.1 Å². The Hall–Kier alpha value is -1.44. The molecule has 1 heterocycles. The largest absolute Gasteiger partial charge is 0.334 e. The van der Waals surface area contributed by atoms with Crippen LogP contribution in [0.3, 0.4) is 0 Å². The van der Waals surface area contributed by atoms with Gasteiger partial charge in [0.1, 0.15) is 5.75 Å². The van der Waals surface area contributed by atoms with Gasteiger partial charge in [-0.3, -0.25) is 4.18 Å². The fourth-order valence-electron chi connectivity index (χ4n) is 1.43. The van der Waals surface area contributed by atoms with Gasteiger partial charge in [-0.2, -0.15) is 13.4 Å². The first-order valence-corrected chi connectivity index (χ1v) is 7.41. The van der Waals surface area contributed by atoms with Crippen LogP contribution in [-0.4, -0.2) is 25.2 Å². The molecule has 1 aromatic heterocycles. The van der Waals surface area contributed by atoms with Crippen molar-refractivity contribution in [3.05, 3.63) is 35.1 Å². The first-order chi connectivity index (χ1) is 9.00. The van der Waals surface area contributed by atoms with Crippen molar-refractivity contribution in [3.63, 3.8) is 0 Å². The zero-order valence-electron chi connectivity index (χ0n) is 10.0. The molecule has 0 aliphatic heterocycles. The van der Waals surface area contributed by atoms with Gasteiger partial charge < -0.3 is 4.52 Å². The molecule has 0 saturated carbocycles. The number of halogens is 1. The van der Waals surface area contributed by atoms with E-state index in [-0.39, 0.29) is 18.3 Å². The zero-order valence-corrected chi connectivity index (χ0v) is 11.6. The molecule has 0 N–H and O–H groups in total. The molecule has 102 valence electrons. The maximum atomic E-state index is 11.4. The number of hydrogen-bond donors (Lipinski definition) is 0. The molecule has 6 nitrogen and oxygen atoms in total. The fraction of sp³-hybridized carbons (Fsp3) is 0.273. The molecule has 2 aromatic rings. The molecule has 19 heavy (non-hydrogen) atoms. The summed E-state index contributed by atoms with van der Waals surface area (Å²) in [5.41, 5.74) is 0.625. The molecule has 0 spiro atoms. The van der Waals surface area contributed by atoms with E-state index in [2.05, 4.69) is 14.3 Å². The second-order valence-corrected chi connectivity index (χ2v) is 5.71. The van der Waals surface area contributed by atoms with Crippen molar-refractivity contribution in [2.45, 2.75) is 12.7 Å². The lowest BCUT2D eigenvalue weighted by atomic mass is 10.2. The maximum absolute atomic E-state index is 11.4. The Labute approximate surface area is 115 Å². The van der Waals surface area contributed by atoms with Gasteiger partial charge in [0, 0.05) is 10.6 Å². The quantitative estimate of drug-likeness (QED) is 0.788. The highest BCUT2D eigenvalue weighted by atomic mass is 35.5. The van der Waals surface area contributed by atoms with Gasteiger partial charge in [-0.15, -0.1) is 0 Å². The lowest BCUT2D eigenvalue weighted by molar-refractivity contribution is 0.336. The highest BCUT2D eigenvalue weighted by Gasteiger charge is 2.17. The summed E-state index contributed by atoms with van der Waals surface area (Å²) in [5, 5.41) is 4.13. The van der Waals surface area contributed by atoms with Gasteiger partial charge >= 0.3 is 0 Å². The average molecular weight is 303 g/mol. The Balaban J connectivity index is 2.20. The Bertz CT molecular complexity index is 669. The lowest BCUT2D eigenvalue weighted by Gasteiger charge is -1.98. The molecule has 0 bridgehead atoms. The van der Waals surface area contributed by atoms with Gasteiger partial charge in [-0.1, -0.05) is 22.8 Å². The minimum atomic E-state index is -3.67. The molecule has 0 aliphatic carbocycles. The van der Waals surface area contributed by atoms with Crippen molar-refractivity contribution in [2.24, 2.45) is 0 Å². The van der Waals surface area contributed by atoms with Crippen LogP contribution in [0.25, 0.3) is 11.5 Å². The van der Waals surface area contributed by atoms with E-state index < -0.39 is 15.9 Å². The molecule has 0 aliphatic rings. The van der Waals surface area contributed by atoms with Crippen LogP contribution in [0.1, 0.15) is 12.7 Å².